The Labute approximate surface area is 111 Å². The van der Waals surface area contributed by atoms with Crippen molar-refractivity contribution in [2.45, 2.75) is 11.4 Å². The van der Waals surface area contributed by atoms with Crippen LogP contribution in [0.4, 0.5) is 11.4 Å². The van der Waals surface area contributed by atoms with Crippen molar-refractivity contribution in [3.63, 3.8) is 0 Å². The molecule has 1 heterocycles. The molecule has 0 bridgehead atoms. The van der Waals surface area contributed by atoms with Crippen LogP contribution in [0.1, 0.15) is 5.69 Å². The van der Waals surface area contributed by atoms with E-state index in [0.29, 0.717) is 12.2 Å². The molecular weight excluding hydrogens is 266 g/mol. The highest BCUT2D eigenvalue weighted by Gasteiger charge is 2.12. The van der Waals surface area contributed by atoms with Crippen molar-refractivity contribution in [2.75, 3.05) is 11.1 Å². The summed E-state index contributed by atoms with van der Waals surface area (Å²) in [5.41, 5.74) is 7.36. The van der Waals surface area contributed by atoms with Crippen LogP contribution in [0.2, 0.25) is 0 Å². The third-order valence-corrected chi connectivity index (χ3v) is 3.54. The topological polar surface area (TPSA) is 116 Å². The number of benzene rings is 1. The Bertz CT molecular complexity index is 693. The van der Waals surface area contributed by atoms with E-state index in [4.69, 9.17) is 10.9 Å². The number of sulfonamides is 1. The normalized spacial score (nSPS) is 11.5. The van der Waals surface area contributed by atoms with E-state index in [1.807, 2.05) is 19.3 Å². The van der Waals surface area contributed by atoms with Crippen LogP contribution in [0.15, 0.2) is 35.4 Å². The zero-order chi connectivity index (χ0) is 14.0. The predicted molar refractivity (Wildman–Crippen MR) is 72.8 cm³/mol. The van der Waals surface area contributed by atoms with Gasteiger partial charge in [-0.05, 0) is 24.3 Å². The lowest BCUT2D eigenvalue weighted by atomic mass is 10.2. The van der Waals surface area contributed by atoms with Crippen molar-refractivity contribution < 1.29 is 8.42 Å². The largest absolute Gasteiger partial charge is 0.398 e. The molecule has 8 heteroatoms. The summed E-state index contributed by atoms with van der Waals surface area (Å²) in [5, 5.41) is 12.3. The summed E-state index contributed by atoms with van der Waals surface area (Å²) in [6.07, 6.45) is 1.84. The third kappa shape index (κ3) is 3.24. The van der Waals surface area contributed by atoms with E-state index in [0.717, 1.165) is 5.69 Å². The monoisotopic (exact) mass is 281 g/mol. The lowest BCUT2D eigenvalue weighted by Crippen LogP contribution is -2.14. The molecule has 1 aromatic heterocycles. The highest BCUT2D eigenvalue weighted by Crippen LogP contribution is 2.21. The van der Waals surface area contributed by atoms with Crippen LogP contribution in [0, 0.1) is 0 Å². The van der Waals surface area contributed by atoms with Crippen LogP contribution in [-0.2, 0) is 23.6 Å². The van der Waals surface area contributed by atoms with Crippen molar-refractivity contribution >= 4 is 21.4 Å². The number of primary sulfonamides is 1. The fourth-order valence-corrected chi connectivity index (χ4v) is 2.31. The number of aryl methyl sites for hydroxylation is 1. The van der Waals surface area contributed by atoms with Gasteiger partial charge in [0.1, 0.15) is 4.90 Å². The lowest BCUT2D eigenvalue weighted by molar-refractivity contribution is 0.598. The number of nitrogens with zero attached hydrogens (tertiary/aromatic N) is 2. The van der Waals surface area contributed by atoms with Gasteiger partial charge >= 0.3 is 0 Å². The van der Waals surface area contributed by atoms with Crippen LogP contribution in [0.25, 0.3) is 0 Å². The number of rotatable bonds is 4. The summed E-state index contributed by atoms with van der Waals surface area (Å²) in [4.78, 5) is -0.0733. The first-order valence-electron chi connectivity index (χ1n) is 5.51. The molecule has 2 rings (SSSR count). The molecule has 2 aromatic rings. The minimum atomic E-state index is -3.78. The van der Waals surface area contributed by atoms with E-state index in [1.54, 1.807) is 10.7 Å². The van der Waals surface area contributed by atoms with Gasteiger partial charge in [0.2, 0.25) is 10.0 Å². The van der Waals surface area contributed by atoms with Crippen molar-refractivity contribution in [1.29, 1.82) is 0 Å². The minimum absolute atomic E-state index is 0.0733. The molecule has 5 N–H and O–H groups in total. The molecule has 102 valence electrons. The summed E-state index contributed by atoms with van der Waals surface area (Å²) in [5.74, 6) is 0. The van der Waals surface area contributed by atoms with Crippen molar-refractivity contribution in [3.8, 4) is 0 Å². The second-order valence-corrected chi connectivity index (χ2v) is 5.66. The molecule has 0 aliphatic rings. The minimum Gasteiger partial charge on any atom is -0.398 e. The van der Waals surface area contributed by atoms with Gasteiger partial charge in [0.25, 0.3) is 0 Å². The molecule has 0 fully saturated rings. The van der Waals surface area contributed by atoms with Gasteiger partial charge in [-0.3, -0.25) is 4.68 Å². The molecule has 0 atom stereocenters. The Hall–Kier alpha value is -2.06. The predicted octanol–water partition coefficient (Wildman–Crippen LogP) is 0.262. The zero-order valence-electron chi connectivity index (χ0n) is 10.4. The maximum Gasteiger partial charge on any atom is 0.240 e. The number of anilines is 2. The molecule has 0 spiro atoms. The van der Waals surface area contributed by atoms with Crippen LogP contribution < -0.4 is 16.2 Å². The highest BCUT2D eigenvalue weighted by molar-refractivity contribution is 7.89. The fourth-order valence-electron chi connectivity index (χ4n) is 1.67. The Morgan fingerprint density at radius 1 is 1.37 bits per heavy atom. The molecule has 0 aliphatic carbocycles. The van der Waals surface area contributed by atoms with Gasteiger partial charge in [-0.25, -0.2) is 13.6 Å². The average Bonchev–Trinajstić information content (AvgIpc) is 2.71. The van der Waals surface area contributed by atoms with Crippen LogP contribution >= 0.6 is 0 Å². The first-order chi connectivity index (χ1) is 8.86. The number of hydrogen-bond acceptors (Lipinski definition) is 5. The zero-order valence-corrected chi connectivity index (χ0v) is 11.2. The fraction of sp³-hybridized carbons (Fsp3) is 0.182. The molecule has 1 aromatic carbocycles. The molecule has 0 aliphatic heterocycles. The van der Waals surface area contributed by atoms with E-state index in [1.165, 1.54) is 12.1 Å². The average molecular weight is 281 g/mol. The summed E-state index contributed by atoms with van der Waals surface area (Å²) in [6, 6.07) is 6.40. The van der Waals surface area contributed by atoms with Crippen LogP contribution in [0.5, 0.6) is 0 Å². The van der Waals surface area contributed by atoms with Gasteiger partial charge < -0.3 is 11.1 Å². The SMILES string of the molecule is Cn1ccc(CNc2ccc(S(N)(=O)=O)c(N)c2)n1. The maximum atomic E-state index is 11.2. The van der Waals surface area contributed by atoms with E-state index in [-0.39, 0.29) is 10.6 Å². The molecule has 0 radical (unpaired) electrons. The Kier molecular flexibility index (Phi) is 3.45. The first kappa shape index (κ1) is 13.4. The van der Waals surface area contributed by atoms with E-state index < -0.39 is 10.0 Å². The number of nitrogen functional groups attached to an aromatic ring is 1. The Morgan fingerprint density at radius 2 is 2.11 bits per heavy atom. The van der Waals surface area contributed by atoms with E-state index in [2.05, 4.69) is 10.4 Å². The molecule has 0 unspecified atom stereocenters. The Morgan fingerprint density at radius 3 is 2.63 bits per heavy atom. The van der Waals surface area contributed by atoms with Gasteiger partial charge in [0.05, 0.1) is 17.9 Å². The lowest BCUT2D eigenvalue weighted by Gasteiger charge is -2.08. The smallest absolute Gasteiger partial charge is 0.240 e. The van der Waals surface area contributed by atoms with Crippen molar-refractivity contribution in [3.05, 3.63) is 36.2 Å². The second kappa shape index (κ2) is 4.90. The standard InChI is InChI=1S/C11H15N5O2S/c1-16-5-4-9(15-16)7-14-8-2-3-11(10(12)6-8)19(13,17)18/h2-6,14H,7,12H2,1H3,(H2,13,17,18). The number of nitrogens with one attached hydrogen (secondary N) is 1. The maximum absolute atomic E-state index is 11.2. The molecule has 7 nitrogen and oxygen atoms in total. The van der Waals surface area contributed by atoms with Gasteiger partial charge in [-0.2, -0.15) is 5.10 Å². The summed E-state index contributed by atoms with van der Waals surface area (Å²) in [7, 11) is -1.95. The van der Waals surface area contributed by atoms with Crippen molar-refractivity contribution in [2.24, 2.45) is 12.2 Å². The van der Waals surface area contributed by atoms with Gasteiger partial charge in [0.15, 0.2) is 0 Å². The number of aromatic nitrogens is 2. The number of nitrogens with two attached hydrogens (primary N) is 2. The van der Waals surface area contributed by atoms with Gasteiger partial charge in [0, 0.05) is 18.9 Å². The van der Waals surface area contributed by atoms with Crippen LogP contribution in [0.3, 0.4) is 0 Å². The summed E-state index contributed by atoms with van der Waals surface area (Å²) in [6.45, 7) is 0.523. The van der Waals surface area contributed by atoms with Crippen molar-refractivity contribution in [1.82, 2.24) is 9.78 Å². The Balaban J connectivity index is 2.12. The summed E-state index contributed by atoms with van der Waals surface area (Å²) < 4.78 is 24.1. The second-order valence-electron chi connectivity index (χ2n) is 4.13. The molecule has 0 saturated carbocycles. The highest BCUT2D eigenvalue weighted by atomic mass is 32.2. The van der Waals surface area contributed by atoms with E-state index in [9.17, 15) is 8.42 Å². The third-order valence-electron chi connectivity index (χ3n) is 2.56. The van der Waals surface area contributed by atoms with E-state index >= 15 is 0 Å². The molecule has 0 saturated heterocycles. The van der Waals surface area contributed by atoms with Crippen LogP contribution in [-0.4, -0.2) is 18.2 Å². The summed E-state index contributed by atoms with van der Waals surface area (Å²) >= 11 is 0. The quantitative estimate of drug-likeness (QED) is 0.695. The van der Waals surface area contributed by atoms with Gasteiger partial charge in [-0.1, -0.05) is 0 Å². The number of hydrogen-bond donors (Lipinski definition) is 3. The molecule has 0 amide bonds. The van der Waals surface area contributed by atoms with Gasteiger partial charge in [-0.15, -0.1) is 0 Å². The first-order valence-corrected chi connectivity index (χ1v) is 7.05. The molecular formula is C11H15N5O2S. The molecule has 19 heavy (non-hydrogen) atoms.